The van der Waals surface area contributed by atoms with Crippen molar-refractivity contribution in [2.24, 2.45) is 11.8 Å². The molecular weight excluding hydrogens is 746 g/mol. The van der Waals surface area contributed by atoms with Crippen molar-refractivity contribution in [2.75, 3.05) is 10.6 Å². The average Bonchev–Trinajstić information content (AvgIpc) is 3.47. The summed E-state index contributed by atoms with van der Waals surface area (Å²) in [7, 11) is 0. The summed E-state index contributed by atoms with van der Waals surface area (Å²) in [5, 5.41) is 25.0. The largest absolute Gasteiger partial charge is 0.508 e. The molecule has 2 atom stereocenters. The van der Waals surface area contributed by atoms with E-state index in [9.17, 15) is 46.1 Å². The van der Waals surface area contributed by atoms with Crippen LogP contribution in [0.2, 0.25) is 0 Å². The third kappa shape index (κ3) is 6.82. The molecule has 2 amide bonds. The molecule has 302 valence electrons. The summed E-state index contributed by atoms with van der Waals surface area (Å²) in [5.41, 5.74) is -0.194. The van der Waals surface area contributed by atoms with Gasteiger partial charge in [0.05, 0.1) is 11.1 Å². The van der Waals surface area contributed by atoms with Gasteiger partial charge in [-0.1, -0.05) is 81.3 Å². The lowest BCUT2D eigenvalue weighted by molar-refractivity contribution is -0.138. The van der Waals surface area contributed by atoms with E-state index in [2.05, 4.69) is 10.6 Å². The van der Waals surface area contributed by atoms with Crippen LogP contribution in [0.15, 0.2) is 72.8 Å². The van der Waals surface area contributed by atoms with Crippen molar-refractivity contribution >= 4 is 23.2 Å². The van der Waals surface area contributed by atoms with Gasteiger partial charge in [-0.2, -0.15) is 26.3 Å². The fourth-order valence-corrected chi connectivity index (χ4v) is 10.2. The van der Waals surface area contributed by atoms with Crippen molar-refractivity contribution in [2.45, 2.75) is 108 Å². The van der Waals surface area contributed by atoms with Gasteiger partial charge in [-0.15, -0.1) is 0 Å². The highest BCUT2D eigenvalue weighted by Crippen LogP contribution is 2.56. The van der Waals surface area contributed by atoms with E-state index < -0.39 is 34.3 Å². The number of benzene rings is 4. The highest BCUT2D eigenvalue weighted by molar-refractivity contribution is 6.11. The lowest BCUT2D eigenvalue weighted by Crippen LogP contribution is -2.43. The van der Waals surface area contributed by atoms with Crippen LogP contribution in [0, 0.1) is 25.7 Å². The number of fused-ring (bicyclic) bond motifs is 2. The second-order valence-electron chi connectivity index (χ2n) is 16.0. The lowest BCUT2D eigenvalue weighted by atomic mass is 9.62. The van der Waals surface area contributed by atoms with Gasteiger partial charge in [0.25, 0.3) is 0 Å². The zero-order chi connectivity index (χ0) is 40.9. The van der Waals surface area contributed by atoms with Crippen LogP contribution in [0.1, 0.15) is 115 Å². The summed E-state index contributed by atoms with van der Waals surface area (Å²) in [5.74, 6) is -0.373. The second-order valence-corrected chi connectivity index (χ2v) is 16.0. The number of rotatable bonds is 4. The van der Waals surface area contributed by atoms with Gasteiger partial charge in [0, 0.05) is 11.4 Å². The van der Waals surface area contributed by atoms with Crippen LogP contribution in [0.3, 0.4) is 0 Å². The van der Waals surface area contributed by atoms with Gasteiger partial charge >= 0.3 is 12.4 Å². The third-order valence-corrected chi connectivity index (χ3v) is 12.9. The number of carbonyl (C=O) groups is 2. The van der Waals surface area contributed by atoms with E-state index in [4.69, 9.17) is 0 Å². The van der Waals surface area contributed by atoms with Gasteiger partial charge in [-0.25, -0.2) is 0 Å². The number of hydrogen-bond donors (Lipinski definition) is 4. The molecule has 0 aromatic heterocycles. The molecule has 4 N–H and O–H groups in total. The molecule has 0 spiro atoms. The molecule has 4 aliphatic rings. The monoisotopic (exact) mass is 792 g/mol. The maximum atomic E-state index is 13.5. The smallest absolute Gasteiger partial charge is 0.416 e. The predicted octanol–water partition coefficient (Wildman–Crippen LogP) is 11.5. The summed E-state index contributed by atoms with van der Waals surface area (Å²) >= 11 is 0. The summed E-state index contributed by atoms with van der Waals surface area (Å²) < 4.78 is 80.5. The Hall–Kier alpha value is -5.00. The first-order valence-electron chi connectivity index (χ1n) is 19.7. The van der Waals surface area contributed by atoms with E-state index in [0.717, 1.165) is 88.3 Å². The second kappa shape index (κ2) is 15.1. The summed E-state index contributed by atoms with van der Waals surface area (Å²) in [6.07, 6.45) is 1.69. The van der Waals surface area contributed by atoms with Gasteiger partial charge in [-0.3, -0.25) is 9.59 Å². The van der Waals surface area contributed by atoms with Crippen LogP contribution in [-0.2, 0) is 32.8 Å². The quantitative estimate of drug-likeness (QED) is 0.122. The Bertz CT molecular complexity index is 2150. The van der Waals surface area contributed by atoms with E-state index in [1.807, 2.05) is 0 Å². The first-order valence-corrected chi connectivity index (χ1v) is 19.7. The maximum absolute atomic E-state index is 13.5. The first-order chi connectivity index (χ1) is 27.0. The number of alkyl halides is 6. The zero-order valence-electron chi connectivity index (χ0n) is 31.8. The highest BCUT2D eigenvalue weighted by atomic mass is 19.4. The van der Waals surface area contributed by atoms with E-state index in [-0.39, 0.29) is 57.7 Å². The Balaban J connectivity index is 0.000000174. The molecule has 57 heavy (non-hydrogen) atoms. The molecule has 12 heteroatoms. The summed E-state index contributed by atoms with van der Waals surface area (Å²) in [4.78, 5) is 26.9. The van der Waals surface area contributed by atoms with Crippen molar-refractivity contribution in [3.05, 3.63) is 117 Å². The maximum Gasteiger partial charge on any atom is 0.416 e. The number of carbonyl (C=O) groups excluding carboxylic acids is 2. The zero-order valence-corrected chi connectivity index (χ0v) is 31.8. The third-order valence-electron chi connectivity index (χ3n) is 12.9. The Morgan fingerprint density at radius 1 is 0.509 bits per heavy atom. The van der Waals surface area contributed by atoms with Crippen molar-refractivity contribution in [3.63, 3.8) is 0 Å². The number of nitrogens with one attached hydrogen (secondary N) is 2. The molecule has 2 aliphatic carbocycles. The number of anilines is 2. The Morgan fingerprint density at radius 3 is 1.14 bits per heavy atom. The number of aromatic hydroxyl groups is 2. The van der Waals surface area contributed by atoms with E-state index in [0.29, 0.717) is 16.7 Å². The number of amides is 2. The summed E-state index contributed by atoms with van der Waals surface area (Å²) in [6, 6.07) is 18.1. The van der Waals surface area contributed by atoms with Gasteiger partial charge in [-0.05, 0) is 121 Å². The van der Waals surface area contributed by atoms with Crippen molar-refractivity contribution < 1.29 is 46.1 Å². The molecule has 8 rings (SSSR count). The molecule has 0 saturated heterocycles. The van der Waals surface area contributed by atoms with Crippen LogP contribution >= 0.6 is 0 Å². The molecule has 6 nitrogen and oxygen atoms in total. The van der Waals surface area contributed by atoms with E-state index in [1.165, 1.54) is 50.2 Å². The minimum Gasteiger partial charge on any atom is -0.508 e. The number of halogens is 6. The minimum atomic E-state index is -4.48. The molecule has 4 aromatic rings. The molecule has 2 saturated carbocycles. The topological polar surface area (TPSA) is 98.7 Å². The predicted molar refractivity (Wildman–Crippen MR) is 205 cm³/mol. The lowest BCUT2D eigenvalue weighted by Gasteiger charge is -2.39. The van der Waals surface area contributed by atoms with Crippen molar-refractivity contribution in [1.29, 1.82) is 0 Å². The van der Waals surface area contributed by atoms with Gasteiger partial charge in [0.15, 0.2) is 0 Å². The standard InChI is InChI=1S/C23H24F3NO2.C22H22F3NO2/c1-14-18(23(24,25)26)12-13-19-20(14)27-21(29)22(19,15-6-4-2-3-5-7-15)16-8-10-17(28)11-9-16;1-13-17(22(23,24)25)11-12-18-19(13)26-20(28)21(18,14-5-3-2-4-6-14)15-7-9-16(27)10-8-15/h8-13,15,28H,2-7H2,1H3,(H,27,29);7-12,14,27H,2-6H2,1H3,(H,26,28). The first kappa shape index (κ1) is 40.2. The molecule has 2 unspecified atom stereocenters. The Morgan fingerprint density at radius 2 is 0.825 bits per heavy atom. The number of phenols is 2. The van der Waals surface area contributed by atoms with Crippen LogP contribution in [-0.4, -0.2) is 22.0 Å². The van der Waals surface area contributed by atoms with Crippen LogP contribution in [0.25, 0.3) is 0 Å². The van der Waals surface area contributed by atoms with Gasteiger partial charge < -0.3 is 20.8 Å². The van der Waals surface area contributed by atoms with Gasteiger partial charge in [0.2, 0.25) is 11.8 Å². The average molecular weight is 793 g/mol. The fraction of sp³-hybridized carbons (Fsp3) is 0.422. The SMILES string of the molecule is Cc1c(C(F)(F)F)ccc2c1NC(=O)C2(c1ccc(O)cc1)C1CCCCC1.Cc1c(C(F)(F)F)ccc2c1NC(=O)C2(c1ccc(O)cc1)C1CCCCCC1. The highest BCUT2D eigenvalue weighted by Gasteiger charge is 2.56. The molecular formula is C45H46F6N2O4. The number of hydrogen-bond acceptors (Lipinski definition) is 4. The number of phenolic OH excluding ortho intramolecular Hbond substituents is 2. The van der Waals surface area contributed by atoms with Crippen molar-refractivity contribution in [1.82, 2.24) is 0 Å². The van der Waals surface area contributed by atoms with Crippen LogP contribution in [0.4, 0.5) is 37.7 Å². The Kier molecular flexibility index (Phi) is 10.6. The molecule has 2 aliphatic heterocycles. The molecule has 2 fully saturated rings. The minimum absolute atomic E-state index is 0.00294. The molecule has 2 heterocycles. The van der Waals surface area contributed by atoms with Crippen LogP contribution in [0.5, 0.6) is 11.5 Å². The fourth-order valence-electron chi connectivity index (χ4n) is 10.2. The van der Waals surface area contributed by atoms with Crippen LogP contribution < -0.4 is 10.6 Å². The van der Waals surface area contributed by atoms with E-state index in [1.54, 1.807) is 24.3 Å². The van der Waals surface area contributed by atoms with Gasteiger partial charge in [0.1, 0.15) is 22.3 Å². The molecule has 0 bridgehead atoms. The van der Waals surface area contributed by atoms with E-state index >= 15 is 0 Å². The molecule has 4 aromatic carbocycles. The van der Waals surface area contributed by atoms with Crippen molar-refractivity contribution in [3.8, 4) is 11.5 Å². The normalized spacial score (nSPS) is 22.8. The molecule has 0 radical (unpaired) electrons. The Labute approximate surface area is 327 Å². The summed E-state index contributed by atoms with van der Waals surface area (Å²) in [6.45, 7) is 2.83.